The van der Waals surface area contributed by atoms with Gasteiger partial charge in [0.25, 0.3) is 11.8 Å². The molecule has 2 aliphatic carbocycles. The Hall–Kier alpha value is -3.49. The van der Waals surface area contributed by atoms with Crippen molar-refractivity contribution < 1.29 is 14.3 Å². The van der Waals surface area contributed by atoms with Crippen molar-refractivity contribution in [3.8, 4) is 5.88 Å². The van der Waals surface area contributed by atoms with Crippen molar-refractivity contribution in [3.63, 3.8) is 0 Å². The van der Waals surface area contributed by atoms with Gasteiger partial charge in [0.2, 0.25) is 5.88 Å². The molecule has 1 spiro atoms. The van der Waals surface area contributed by atoms with E-state index >= 15 is 0 Å². The van der Waals surface area contributed by atoms with Gasteiger partial charge in [0.15, 0.2) is 5.65 Å². The van der Waals surface area contributed by atoms with Crippen molar-refractivity contribution in [2.24, 2.45) is 11.1 Å². The van der Waals surface area contributed by atoms with Crippen molar-refractivity contribution in [2.75, 3.05) is 0 Å². The highest BCUT2D eigenvalue weighted by atomic mass is 16.5. The lowest BCUT2D eigenvalue weighted by atomic mass is 9.53. The van der Waals surface area contributed by atoms with E-state index in [2.05, 4.69) is 20.3 Å². The van der Waals surface area contributed by atoms with Gasteiger partial charge in [-0.05, 0) is 43.2 Å². The Morgan fingerprint density at radius 3 is 2.79 bits per heavy atom. The fourth-order valence-corrected chi connectivity index (χ4v) is 4.51. The average molecular weight is 392 g/mol. The van der Waals surface area contributed by atoms with Gasteiger partial charge >= 0.3 is 0 Å². The summed E-state index contributed by atoms with van der Waals surface area (Å²) in [6.45, 7) is 0. The molecule has 0 saturated heterocycles. The molecule has 0 atom stereocenters. The first-order valence-electron chi connectivity index (χ1n) is 9.52. The van der Waals surface area contributed by atoms with Crippen LogP contribution in [-0.2, 0) is 0 Å². The monoisotopic (exact) mass is 392 g/mol. The molecule has 3 heterocycles. The summed E-state index contributed by atoms with van der Waals surface area (Å²) < 4.78 is 7.61. The van der Waals surface area contributed by atoms with Crippen molar-refractivity contribution >= 4 is 17.5 Å². The van der Waals surface area contributed by atoms with E-state index in [0.29, 0.717) is 22.8 Å². The second-order valence-electron chi connectivity index (χ2n) is 7.90. The number of hydrogen-bond donors (Lipinski definition) is 2. The van der Waals surface area contributed by atoms with E-state index in [1.807, 2.05) is 0 Å². The maximum atomic E-state index is 12.6. The van der Waals surface area contributed by atoms with Crippen LogP contribution in [0.25, 0.3) is 5.65 Å². The van der Waals surface area contributed by atoms with Gasteiger partial charge < -0.3 is 15.8 Å². The Morgan fingerprint density at radius 1 is 1.17 bits per heavy atom. The fourth-order valence-electron chi connectivity index (χ4n) is 4.51. The summed E-state index contributed by atoms with van der Waals surface area (Å²) in [6.07, 6.45) is 11.8. The Morgan fingerprint density at radius 2 is 2.00 bits per heavy atom. The Bertz CT molecular complexity index is 1100. The number of imidazole rings is 1. The molecule has 2 saturated carbocycles. The van der Waals surface area contributed by atoms with E-state index in [4.69, 9.17) is 10.5 Å². The van der Waals surface area contributed by atoms with Gasteiger partial charge in [0.05, 0.1) is 12.4 Å². The van der Waals surface area contributed by atoms with Gasteiger partial charge in [0.1, 0.15) is 17.4 Å². The molecular formula is C20H20N6O3. The van der Waals surface area contributed by atoms with Crippen molar-refractivity contribution in [1.29, 1.82) is 0 Å². The first-order chi connectivity index (χ1) is 14.0. The number of fused-ring (bicyclic) bond motifs is 1. The number of aromatic nitrogens is 4. The quantitative estimate of drug-likeness (QED) is 0.675. The number of pyridine rings is 1. The van der Waals surface area contributed by atoms with E-state index in [1.165, 1.54) is 0 Å². The molecule has 148 valence electrons. The molecule has 3 aromatic rings. The normalized spacial score (nSPS) is 25.2. The lowest BCUT2D eigenvalue weighted by molar-refractivity contribution is -0.0848. The molecule has 2 aliphatic rings. The average Bonchev–Trinajstić information content (AvgIpc) is 3.09. The van der Waals surface area contributed by atoms with Crippen LogP contribution < -0.4 is 15.8 Å². The van der Waals surface area contributed by atoms with Crippen LogP contribution in [0.4, 0.5) is 0 Å². The number of ether oxygens (including phenoxy) is 1. The summed E-state index contributed by atoms with van der Waals surface area (Å²) in [5.41, 5.74) is 7.03. The summed E-state index contributed by atoms with van der Waals surface area (Å²) in [6, 6.07) is 3.42. The molecule has 0 unspecified atom stereocenters. The first-order valence-corrected chi connectivity index (χ1v) is 9.52. The minimum atomic E-state index is -0.545. The molecular weight excluding hydrogens is 372 g/mol. The molecule has 9 heteroatoms. The number of nitrogens with two attached hydrogens (primary N) is 1. The Balaban J connectivity index is 1.15. The van der Waals surface area contributed by atoms with Crippen LogP contribution in [0.15, 0.2) is 43.1 Å². The third-order valence-electron chi connectivity index (χ3n) is 5.88. The van der Waals surface area contributed by atoms with Crippen LogP contribution in [0.5, 0.6) is 5.88 Å². The molecule has 0 radical (unpaired) electrons. The molecule has 3 aromatic heterocycles. The predicted molar refractivity (Wildman–Crippen MR) is 102 cm³/mol. The standard InChI is InChI=1S/C20H20N6O3/c21-17(27)14-2-1-3-23-19(14)29-13-8-20(9-13)6-12(7-20)25-18(28)15-10-24-16-11-22-4-5-26(15)16/h1-5,10-13H,6-9H2,(H2,21,27)(H,25,28). The van der Waals surface area contributed by atoms with Crippen LogP contribution in [-0.4, -0.2) is 43.3 Å². The molecule has 2 fully saturated rings. The third kappa shape index (κ3) is 3.08. The van der Waals surface area contributed by atoms with E-state index in [1.54, 1.807) is 47.5 Å². The second kappa shape index (κ2) is 6.54. The lowest BCUT2D eigenvalue weighted by Gasteiger charge is -2.57. The minimum absolute atomic E-state index is 0.0194. The van der Waals surface area contributed by atoms with E-state index in [0.717, 1.165) is 25.7 Å². The summed E-state index contributed by atoms with van der Waals surface area (Å²) in [7, 11) is 0. The van der Waals surface area contributed by atoms with Crippen LogP contribution in [0, 0.1) is 5.41 Å². The van der Waals surface area contributed by atoms with Crippen LogP contribution in [0.2, 0.25) is 0 Å². The molecule has 0 bridgehead atoms. The molecule has 0 aromatic carbocycles. The second-order valence-corrected chi connectivity index (χ2v) is 7.90. The molecule has 0 aliphatic heterocycles. The molecule has 2 amide bonds. The van der Waals surface area contributed by atoms with E-state index < -0.39 is 5.91 Å². The largest absolute Gasteiger partial charge is 0.474 e. The van der Waals surface area contributed by atoms with Crippen LogP contribution in [0.1, 0.15) is 46.5 Å². The third-order valence-corrected chi connectivity index (χ3v) is 5.88. The van der Waals surface area contributed by atoms with Gasteiger partial charge in [0, 0.05) is 24.6 Å². The number of carbonyl (C=O) groups excluding carboxylic acids is 2. The Labute approximate surface area is 166 Å². The fraction of sp³-hybridized carbons (Fsp3) is 0.350. The number of nitrogens with one attached hydrogen (secondary N) is 1. The van der Waals surface area contributed by atoms with Gasteiger partial charge in [-0.15, -0.1) is 0 Å². The van der Waals surface area contributed by atoms with Crippen molar-refractivity contribution in [2.45, 2.75) is 37.8 Å². The van der Waals surface area contributed by atoms with Gasteiger partial charge in [-0.2, -0.15) is 0 Å². The zero-order chi connectivity index (χ0) is 20.0. The summed E-state index contributed by atoms with van der Waals surface area (Å²) in [4.78, 5) is 36.4. The van der Waals surface area contributed by atoms with Gasteiger partial charge in [-0.25, -0.2) is 9.97 Å². The summed E-state index contributed by atoms with van der Waals surface area (Å²) in [5.74, 6) is -0.377. The summed E-state index contributed by atoms with van der Waals surface area (Å²) >= 11 is 0. The smallest absolute Gasteiger partial charge is 0.270 e. The minimum Gasteiger partial charge on any atom is -0.474 e. The number of rotatable bonds is 5. The lowest BCUT2D eigenvalue weighted by Crippen LogP contribution is -2.58. The maximum absolute atomic E-state index is 12.6. The maximum Gasteiger partial charge on any atom is 0.270 e. The van der Waals surface area contributed by atoms with Crippen molar-refractivity contribution in [3.05, 3.63) is 54.4 Å². The SMILES string of the molecule is NC(=O)c1cccnc1OC1CC2(CC(NC(=O)c3cnc4cnccn34)C2)C1. The molecule has 3 N–H and O–H groups in total. The number of carbonyl (C=O) groups is 2. The predicted octanol–water partition coefficient (Wildman–Crippen LogP) is 1.34. The zero-order valence-electron chi connectivity index (χ0n) is 15.6. The number of primary amides is 1. The first kappa shape index (κ1) is 17.6. The molecule has 9 nitrogen and oxygen atoms in total. The molecule has 29 heavy (non-hydrogen) atoms. The van der Waals surface area contributed by atoms with Crippen molar-refractivity contribution in [1.82, 2.24) is 24.7 Å². The number of hydrogen-bond acceptors (Lipinski definition) is 6. The zero-order valence-corrected chi connectivity index (χ0v) is 15.6. The number of amides is 2. The topological polar surface area (TPSA) is 124 Å². The number of nitrogens with zero attached hydrogens (tertiary/aromatic N) is 4. The highest BCUT2D eigenvalue weighted by Crippen LogP contribution is 2.56. The Kier molecular flexibility index (Phi) is 3.97. The highest BCUT2D eigenvalue weighted by Gasteiger charge is 2.54. The van der Waals surface area contributed by atoms with Gasteiger partial charge in [-0.1, -0.05) is 0 Å². The van der Waals surface area contributed by atoms with E-state index in [9.17, 15) is 9.59 Å². The summed E-state index contributed by atoms with van der Waals surface area (Å²) in [5, 5.41) is 3.09. The van der Waals surface area contributed by atoms with Crippen LogP contribution >= 0.6 is 0 Å². The highest BCUT2D eigenvalue weighted by molar-refractivity contribution is 5.95. The molecule has 5 rings (SSSR count). The van der Waals surface area contributed by atoms with Gasteiger partial charge in [-0.3, -0.25) is 19.0 Å². The van der Waals surface area contributed by atoms with Crippen LogP contribution in [0.3, 0.4) is 0 Å². The van der Waals surface area contributed by atoms with E-state index in [-0.39, 0.29) is 23.5 Å².